The van der Waals surface area contributed by atoms with Crippen LogP contribution in [0, 0.1) is 5.41 Å². The van der Waals surface area contributed by atoms with Crippen LogP contribution >= 0.6 is 0 Å². The number of amides is 3. The summed E-state index contributed by atoms with van der Waals surface area (Å²) in [6.45, 7) is 4.47. The number of nitrogens with two attached hydrogens (primary N) is 1. The average molecular weight is 340 g/mol. The van der Waals surface area contributed by atoms with Crippen molar-refractivity contribution in [3.63, 3.8) is 0 Å². The number of allylic oxidation sites excluding steroid dienone is 2. The number of piperidine rings is 1. The van der Waals surface area contributed by atoms with E-state index in [0.717, 1.165) is 36.0 Å². The fraction of sp³-hybridized carbons (Fsp3) is 0.450. The number of imide groups is 1. The zero-order valence-corrected chi connectivity index (χ0v) is 14.7. The maximum Gasteiger partial charge on any atom is 0.249 e. The van der Waals surface area contributed by atoms with Crippen LogP contribution in [-0.4, -0.2) is 17.7 Å². The SMILES string of the molecule is CC1(C)CC=C(c2cc(C3CC(=O)NC(=O)C3)ccc2C(N)=O)CC1. The molecule has 1 aliphatic carbocycles. The first-order valence-corrected chi connectivity index (χ1v) is 8.71. The predicted molar refractivity (Wildman–Crippen MR) is 95.7 cm³/mol. The van der Waals surface area contributed by atoms with Crippen LogP contribution in [0.3, 0.4) is 0 Å². The minimum atomic E-state index is -0.454. The molecule has 1 heterocycles. The van der Waals surface area contributed by atoms with Crippen LogP contribution in [0.2, 0.25) is 0 Å². The summed E-state index contributed by atoms with van der Waals surface area (Å²) in [5.74, 6) is -1.10. The van der Waals surface area contributed by atoms with Crippen molar-refractivity contribution in [2.75, 3.05) is 0 Å². The molecule has 3 N–H and O–H groups in total. The van der Waals surface area contributed by atoms with E-state index in [9.17, 15) is 14.4 Å². The van der Waals surface area contributed by atoms with E-state index in [4.69, 9.17) is 5.73 Å². The number of hydrogen-bond donors (Lipinski definition) is 2. The van der Waals surface area contributed by atoms with E-state index in [1.165, 1.54) is 0 Å². The summed E-state index contributed by atoms with van der Waals surface area (Å²) in [7, 11) is 0. The van der Waals surface area contributed by atoms with Gasteiger partial charge >= 0.3 is 0 Å². The minimum absolute atomic E-state index is 0.150. The maximum atomic E-state index is 11.9. The second-order valence-corrected chi connectivity index (χ2v) is 7.84. The monoisotopic (exact) mass is 340 g/mol. The second-order valence-electron chi connectivity index (χ2n) is 7.84. The molecule has 1 aromatic rings. The van der Waals surface area contributed by atoms with E-state index < -0.39 is 5.91 Å². The van der Waals surface area contributed by atoms with Gasteiger partial charge in [-0.25, -0.2) is 0 Å². The summed E-state index contributed by atoms with van der Waals surface area (Å²) in [6, 6.07) is 5.48. The summed E-state index contributed by atoms with van der Waals surface area (Å²) in [5.41, 5.74) is 9.21. The van der Waals surface area contributed by atoms with Gasteiger partial charge in [-0.15, -0.1) is 0 Å². The van der Waals surface area contributed by atoms with E-state index in [0.29, 0.717) is 5.56 Å². The molecule has 0 bridgehead atoms. The number of rotatable bonds is 3. The smallest absolute Gasteiger partial charge is 0.249 e. The topological polar surface area (TPSA) is 89.3 Å². The van der Waals surface area contributed by atoms with Crippen LogP contribution in [0.4, 0.5) is 0 Å². The van der Waals surface area contributed by atoms with Crippen molar-refractivity contribution in [2.45, 2.75) is 51.9 Å². The first-order valence-electron chi connectivity index (χ1n) is 8.71. The molecule has 2 aliphatic rings. The fourth-order valence-electron chi connectivity index (χ4n) is 3.63. The van der Waals surface area contributed by atoms with Gasteiger partial charge in [-0.3, -0.25) is 19.7 Å². The van der Waals surface area contributed by atoms with Crippen molar-refractivity contribution in [3.05, 3.63) is 41.0 Å². The van der Waals surface area contributed by atoms with Crippen molar-refractivity contribution in [3.8, 4) is 0 Å². The highest BCUT2D eigenvalue weighted by Crippen LogP contribution is 2.40. The Morgan fingerprint density at radius 2 is 1.88 bits per heavy atom. The molecule has 0 spiro atoms. The first-order chi connectivity index (χ1) is 11.7. The van der Waals surface area contributed by atoms with Gasteiger partial charge < -0.3 is 5.73 Å². The number of benzene rings is 1. The standard InChI is InChI=1S/C20H24N2O3/c1-20(2)7-5-12(6-8-20)16-9-13(3-4-15(16)19(21)25)14-10-17(23)22-18(24)11-14/h3-5,9,14H,6-8,10-11H2,1-2H3,(H2,21,25)(H,22,23,24). The van der Waals surface area contributed by atoms with E-state index in [-0.39, 0.29) is 36.0 Å². The number of carbonyl (C=O) groups is 3. The molecular formula is C20H24N2O3. The molecule has 1 aliphatic heterocycles. The highest BCUT2D eigenvalue weighted by Gasteiger charge is 2.28. The molecule has 3 amide bonds. The van der Waals surface area contributed by atoms with Gasteiger partial charge in [0.15, 0.2) is 0 Å². The van der Waals surface area contributed by atoms with Crippen LogP contribution in [0.15, 0.2) is 24.3 Å². The van der Waals surface area contributed by atoms with Crippen molar-refractivity contribution < 1.29 is 14.4 Å². The lowest BCUT2D eigenvalue weighted by atomic mass is 9.76. The van der Waals surface area contributed by atoms with Gasteiger partial charge in [-0.05, 0) is 47.4 Å². The van der Waals surface area contributed by atoms with Gasteiger partial charge in [0.05, 0.1) is 0 Å². The Morgan fingerprint density at radius 3 is 2.44 bits per heavy atom. The molecule has 1 aromatic carbocycles. The normalized spacial score (nSPS) is 20.8. The molecular weight excluding hydrogens is 316 g/mol. The molecule has 0 unspecified atom stereocenters. The average Bonchev–Trinajstić information content (AvgIpc) is 2.53. The molecule has 25 heavy (non-hydrogen) atoms. The number of carbonyl (C=O) groups excluding carboxylic acids is 3. The van der Waals surface area contributed by atoms with Crippen LogP contribution in [-0.2, 0) is 9.59 Å². The Morgan fingerprint density at radius 1 is 1.20 bits per heavy atom. The molecule has 5 heteroatoms. The van der Waals surface area contributed by atoms with Crippen molar-refractivity contribution in [1.82, 2.24) is 5.32 Å². The summed E-state index contributed by atoms with van der Waals surface area (Å²) < 4.78 is 0. The van der Waals surface area contributed by atoms with Crippen molar-refractivity contribution in [1.29, 1.82) is 0 Å². The molecule has 0 radical (unpaired) electrons. The molecule has 3 rings (SSSR count). The summed E-state index contributed by atoms with van der Waals surface area (Å²) in [5, 5.41) is 2.33. The van der Waals surface area contributed by atoms with E-state index in [2.05, 4.69) is 25.2 Å². The van der Waals surface area contributed by atoms with Gasteiger partial charge in [0.2, 0.25) is 17.7 Å². The summed E-state index contributed by atoms with van der Waals surface area (Å²) in [4.78, 5) is 35.2. The van der Waals surface area contributed by atoms with Gasteiger partial charge in [0, 0.05) is 24.3 Å². The first kappa shape index (κ1) is 17.4. The van der Waals surface area contributed by atoms with E-state index >= 15 is 0 Å². The van der Waals surface area contributed by atoms with Gasteiger partial charge in [-0.1, -0.05) is 32.1 Å². The highest BCUT2D eigenvalue weighted by molar-refractivity contribution is 5.99. The van der Waals surface area contributed by atoms with Gasteiger partial charge in [0.25, 0.3) is 0 Å². The quantitative estimate of drug-likeness (QED) is 0.829. The highest BCUT2D eigenvalue weighted by atomic mass is 16.2. The van der Waals surface area contributed by atoms with Crippen molar-refractivity contribution in [2.24, 2.45) is 11.1 Å². The molecule has 0 atom stereocenters. The zero-order valence-electron chi connectivity index (χ0n) is 14.7. The second kappa shape index (κ2) is 6.47. The maximum absolute atomic E-state index is 11.9. The Labute approximate surface area is 147 Å². The Hall–Kier alpha value is -2.43. The molecule has 132 valence electrons. The number of nitrogens with one attached hydrogen (secondary N) is 1. The third-order valence-corrected chi connectivity index (χ3v) is 5.24. The van der Waals surface area contributed by atoms with Crippen molar-refractivity contribution >= 4 is 23.3 Å². The van der Waals surface area contributed by atoms with Crippen LogP contribution in [0.5, 0.6) is 0 Å². The summed E-state index contributed by atoms with van der Waals surface area (Å²) >= 11 is 0. The van der Waals surface area contributed by atoms with E-state index in [1.54, 1.807) is 6.07 Å². The van der Waals surface area contributed by atoms with Gasteiger partial charge in [0.1, 0.15) is 0 Å². The fourth-order valence-corrected chi connectivity index (χ4v) is 3.63. The zero-order chi connectivity index (χ0) is 18.2. The Bertz CT molecular complexity index is 761. The Balaban J connectivity index is 1.98. The summed E-state index contributed by atoms with van der Waals surface area (Å²) in [6.07, 6.45) is 5.65. The third kappa shape index (κ3) is 3.81. The lowest BCUT2D eigenvalue weighted by molar-refractivity contribution is -0.133. The van der Waals surface area contributed by atoms with Crippen LogP contribution in [0.1, 0.15) is 73.4 Å². The lowest BCUT2D eigenvalue weighted by Crippen LogP contribution is -2.37. The third-order valence-electron chi connectivity index (χ3n) is 5.24. The minimum Gasteiger partial charge on any atom is -0.366 e. The predicted octanol–water partition coefficient (Wildman–Crippen LogP) is 2.90. The molecule has 0 saturated carbocycles. The largest absolute Gasteiger partial charge is 0.366 e. The van der Waals surface area contributed by atoms with Crippen LogP contribution < -0.4 is 11.1 Å². The molecule has 1 fully saturated rings. The molecule has 0 aromatic heterocycles. The number of primary amides is 1. The molecule has 5 nitrogen and oxygen atoms in total. The van der Waals surface area contributed by atoms with Gasteiger partial charge in [-0.2, -0.15) is 0 Å². The Kier molecular flexibility index (Phi) is 4.50. The van der Waals surface area contributed by atoms with Crippen LogP contribution in [0.25, 0.3) is 5.57 Å². The van der Waals surface area contributed by atoms with E-state index in [1.807, 2.05) is 12.1 Å². The number of hydrogen-bond acceptors (Lipinski definition) is 3. The molecule has 1 saturated heterocycles. The lowest BCUT2D eigenvalue weighted by Gasteiger charge is -2.29.